The number of aliphatic hydroxyl groups excluding tert-OH is 1. The fourth-order valence-electron chi connectivity index (χ4n) is 1.60. The smallest absolute Gasteiger partial charge is 0.100 e. The topological polar surface area (TPSA) is 50.9 Å². The molecule has 2 heterocycles. The zero-order valence-corrected chi connectivity index (χ0v) is 10.3. The molecule has 1 unspecified atom stereocenters. The molecule has 0 aliphatic carbocycles. The second-order valence-electron chi connectivity index (χ2n) is 3.83. The van der Waals surface area contributed by atoms with Crippen molar-refractivity contribution in [1.82, 2.24) is 14.8 Å². The molecule has 0 radical (unpaired) electrons. The van der Waals surface area contributed by atoms with Gasteiger partial charge in [-0.1, -0.05) is 11.6 Å². The zero-order valence-electron chi connectivity index (χ0n) is 9.55. The molecule has 0 bridgehead atoms. The van der Waals surface area contributed by atoms with E-state index in [4.69, 9.17) is 11.6 Å². The molecule has 5 heteroatoms. The van der Waals surface area contributed by atoms with E-state index in [1.807, 2.05) is 17.8 Å². The van der Waals surface area contributed by atoms with Crippen LogP contribution in [0, 0.1) is 0 Å². The van der Waals surface area contributed by atoms with E-state index in [0.29, 0.717) is 17.1 Å². The monoisotopic (exact) mass is 251 g/mol. The van der Waals surface area contributed by atoms with Crippen molar-refractivity contribution in [3.63, 3.8) is 0 Å². The van der Waals surface area contributed by atoms with Gasteiger partial charge in [-0.05, 0) is 24.6 Å². The molecule has 2 rings (SSSR count). The minimum atomic E-state index is -0.623. The van der Waals surface area contributed by atoms with Crippen molar-refractivity contribution in [2.45, 2.75) is 26.0 Å². The summed E-state index contributed by atoms with van der Waals surface area (Å²) in [6, 6.07) is 3.46. The van der Waals surface area contributed by atoms with E-state index in [1.54, 1.807) is 18.3 Å². The third kappa shape index (κ3) is 3.05. The van der Waals surface area contributed by atoms with Crippen molar-refractivity contribution < 1.29 is 5.11 Å². The summed E-state index contributed by atoms with van der Waals surface area (Å²) >= 11 is 5.74. The van der Waals surface area contributed by atoms with Gasteiger partial charge in [-0.3, -0.25) is 9.67 Å². The Labute approximate surface area is 105 Å². The van der Waals surface area contributed by atoms with Crippen molar-refractivity contribution in [1.29, 1.82) is 0 Å². The molecular formula is C12H14ClN3O. The van der Waals surface area contributed by atoms with Crippen LogP contribution in [0.3, 0.4) is 0 Å². The van der Waals surface area contributed by atoms with Crippen molar-refractivity contribution in [2.75, 3.05) is 0 Å². The van der Waals surface area contributed by atoms with Crippen LogP contribution in [0.5, 0.6) is 0 Å². The molecule has 1 N–H and O–H groups in total. The van der Waals surface area contributed by atoms with Crippen LogP contribution in [0.1, 0.15) is 24.3 Å². The van der Waals surface area contributed by atoms with Gasteiger partial charge in [0.25, 0.3) is 0 Å². The summed E-state index contributed by atoms with van der Waals surface area (Å²) in [5.74, 6) is 0. The highest BCUT2D eigenvalue weighted by Crippen LogP contribution is 2.17. The minimum Gasteiger partial charge on any atom is -0.386 e. The highest BCUT2D eigenvalue weighted by molar-refractivity contribution is 6.30. The van der Waals surface area contributed by atoms with Crippen molar-refractivity contribution >= 4 is 11.6 Å². The van der Waals surface area contributed by atoms with Gasteiger partial charge in [0, 0.05) is 25.4 Å². The van der Waals surface area contributed by atoms with Gasteiger partial charge in [-0.2, -0.15) is 5.10 Å². The summed E-state index contributed by atoms with van der Waals surface area (Å²) in [6.45, 7) is 2.85. The number of rotatable bonds is 4. The predicted octanol–water partition coefficient (Wildman–Crippen LogP) is 2.23. The number of pyridine rings is 1. The van der Waals surface area contributed by atoms with Gasteiger partial charge >= 0.3 is 0 Å². The summed E-state index contributed by atoms with van der Waals surface area (Å²) < 4.78 is 1.83. The first-order chi connectivity index (χ1) is 8.19. The predicted molar refractivity (Wildman–Crippen MR) is 65.8 cm³/mol. The molecule has 4 nitrogen and oxygen atoms in total. The first kappa shape index (κ1) is 12.1. The molecule has 0 spiro atoms. The number of halogens is 1. The molecule has 0 saturated carbocycles. The second kappa shape index (κ2) is 5.29. The minimum absolute atomic E-state index is 0.509. The fourth-order valence-corrected chi connectivity index (χ4v) is 1.71. The molecule has 0 aliphatic heterocycles. The maximum atomic E-state index is 10.0. The average Bonchev–Trinajstić information content (AvgIpc) is 2.77. The second-order valence-corrected chi connectivity index (χ2v) is 4.26. The van der Waals surface area contributed by atoms with Gasteiger partial charge in [0.15, 0.2) is 0 Å². The maximum absolute atomic E-state index is 10.0. The Morgan fingerprint density at radius 2 is 2.24 bits per heavy atom. The molecule has 2 aromatic rings. The van der Waals surface area contributed by atoms with Gasteiger partial charge < -0.3 is 5.11 Å². The van der Waals surface area contributed by atoms with Crippen LogP contribution in [0.2, 0.25) is 5.02 Å². The molecule has 1 atom stereocenters. The van der Waals surface area contributed by atoms with Crippen LogP contribution in [-0.4, -0.2) is 19.9 Å². The first-order valence-electron chi connectivity index (χ1n) is 5.50. The number of aryl methyl sites for hydroxylation is 1. The van der Waals surface area contributed by atoms with Crippen LogP contribution < -0.4 is 0 Å². The highest BCUT2D eigenvalue weighted by Gasteiger charge is 2.11. The normalized spacial score (nSPS) is 12.6. The van der Waals surface area contributed by atoms with E-state index in [0.717, 1.165) is 12.1 Å². The number of nitrogens with zero attached hydrogens (tertiary/aromatic N) is 3. The van der Waals surface area contributed by atoms with Crippen LogP contribution in [0.4, 0.5) is 0 Å². The van der Waals surface area contributed by atoms with E-state index < -0.39 is 6.10 Å². The summed E-state index contributed by atoms with van der Waals surface area (Å²) in [7, 11) is 0. The van der Waals surface area contributed by atoms with E-state index in [1.165, 1.54) is 6.20 Å². The summed E-state index contributed by atoms with van der Waals surface area (Å²) in [4.78, 5) is 4.09. The average molecular weight is 252 g/mol. The zero-order chi connectivity index (χ0) is 12.3. The lowest BCUT2D eigenvalue weighted by atomic mass is 10.1. The van der Waals surface area contributed by atoms with Crippen LogP contribution in [-0.2, 0) is 13.0 Å². The fraction of sp³-hybridized carbons (Fsp3) is 0.333. The molecule has 0 amide bonds. The molecule has 0 fully saturated rings. The number of aliphatic hydroxyl groups is 1. The number of hydrogen-bond donors (Lipinski definition) is 1. The standard InChI is InChI=1S/C12H14ClN3O/c1-2-16-8-9(6-15-16)5-12(17)11-4-3-10(13)7-14-11/h3-4,6-8,12,17H,2,5H2,1H3. The molecule has 2 aromatic heterocycles. The lowest BCUT2D eigenvalue weighted by molar-refractivity contribution is 0.173. The van der Waals surface area contributed by atoms with Crippen molar-refractivity contribution in [2.24, 2.45) is 0 Å². The molecule has 90 valence electrons. The van der Waals surface area contributed by atoms with Gasteiger partial charge in [0.2, 0.25) is 0 Å². The molecule has 0 aromatic carbocycles. The number of aromatic nitrogens is 3. The third-order valence-corrected chi connectivity index (χ3v) is 2.76. The van der Waals surface area contributed by atoms with Gasteiger partial charge in [-0.25, -0.2) is 0 Å². The Morgan fingerprint density at radius 3 is 2.82 bits per heavy atom. The quantitative estimate of drug-likeness (QED) is 0.907. The highest BCUT2D eigenvalue weighted by atomic mass is 35.5. The van der Waals surface area contributed by atoms with E-state index >= 15 is 0 Å². The lowest BCUT2D eigenvalue weighted by Gasteiger charge is -2.08. The lowest BCUT2D eigenvalue weighted by Crippen LogP contribution is -2.03. The van der Waals surface area contributed by atoms with Gasteiger partial charge in [0.1, 0.15) is 6.10 Å². The summed E-state index contributed by atoms with van der Waals surface area (Å²) in [6.07, 6.45) is 5.12. The molecule has 0 saturated heterocycles. The Kier molecular flexibility index (Phi) is 3.76. The third-order valence-electron chi connectivity index (χ3n) is 2.53. The summed E-state index contributed by atoms with van der Waals surface area (Å²) in [5.41, 5.74) is 1.62. The van der Waals surface area contributed by atoms with Gasteiger partial charge in [0.05, 0.1) is 16.9 Å². The van der Waals surface area contributed by atoms with Crippen LogP contribution in [0.25, 0.3) is 0 Å². The van der Waals surface area contributed by atoms with E-state index in [-0.39, 0.29) is 0 Å². The van der Waals surface area contributed by atoms with Crippen molar-refractivity contribution in [3.8, 4) is 0 Å². The molecule has 0 aliphatic rings. The maximum Gasteiger partial charge on any atom is 0.100 e. The SMILES string of the molecule is CCn1cc(CC(O)c2ccc(Cl)cn2)cn1. The molecule has 17 heavy (non-hydrogen) atoms. The Hall–Kier alpha value is -1.39. The van der Waals surface area contributed by atoms with E-state index in [2.05, 4.69) is 10.1 Å². The Morgan fingerprint density at radius 1 is 1.41 bits per heavy atom. The van der Waals surface area contributed by atoms with Crippen LogP contribution in [0.15, 0.2) is 30.7 Å². The van der Waals surface area contributed by atoms with Crippen LogP contribution >= 0.6 is 11.6 Å². The number of hydrogen-bond acceptors (Lipinski definition) is 3. The summed E-state index contributed by atoms with van der Waals surface area (Å²) in [5, 5.41) is 14.7. The Balaban J connectivity index is 2.05. The molecular weight excluding hydrogens is 238 g/mol. The van der Waals surface area contributed by atoms with Crippen molar-refractivity contribution in [3.05, 3.63) is 47.0 Å². The van der Waals surface area contributed by atoms with Gasteiger partial charge in [-0.15, -0.1) is 0 Å². The first-order valence-corrected chi connectivity index (χ1v) is 5.87. The Bertz CT molecular complexity index is 481. The van der Waals surface area contributed by atoms with E-state index in [9.17, 15) is 5.11 Å². The largest absolute Gasteiger partial charge is 0.386 e.